The molecule has 21 heavy (non-hydrogen) atoms. The van der Waals surface area contributed by atoms with Crippen LogP contribution in [0.1, 0.15) is 10.4 Å². The quantitative estimate of drug-likeness (QED) is 0.683. The number of carboxylic acids is 1. The van der Waals surface area contributed by atoms with Gasteiger partial charge in [0.1, 0.15) is 10.8 Å². The summed E-state index contributed by atoms with van der Waals surface area (Å²) in [5.74, 6) is -2.26. The zero-order chi connectivity index (χ0) is 15.6. The lowest BCUT2D eigenvalue weighted by Gasteiger charge is -2.07. The van der Waals surface area contributed by atoms with Gasteiger partial charge in [-0.2, -0.15) is 0 Å². The molecule has 2 rings (SSSR count). The van der Waals surface area contributed by atoms with Crippen molar-refractivity contribution in [3.05, 3.63) is 62.9 Å². The number of nitrogens with zero attached hydrogens (tertiary/aromatic N) is 1. The first-order valence-electron chi connectivity index (χ1n) is 5.53. The molecule has 0 aliphatic carbocycles. The maximum Gasteiger partial charge on any atom is 0.335 e. The normalized spacial score (nSPS) is 10.2. The van der Waals surface area contributed by atoms with Gasteiger partial charge in [-0.15, -0.1) is 0 Å². The number of nitro groups is 1. The Morgan fingerprint density at radius 1 is 1.29 bits per heavy atom. The monoisotopic (exact) mass is 311 g/mol. The second-order valence-corrected chi connectivity index (χ2v) is 4.33. The van der Waals surface area contributed by atoms with E-state index in [0.717, 1.165) is 18.2 Å². The number of hydrogen-bond acceptors (Lipinski definition) is 4. The molecule has 0 aliphatic heterocycles. The van der Waals surface area contributed by atoms with Crippen LogP contribution >= 0.6 is 11.6 Å². The molecular weight excluding hydrogens is 305 g/mol. The van der Waals surface area contributed by atoms with Crippen molar-refractivity contribution in [2.45, 2.75) is 0 Å². The molecule has 0 fully saturated rings. The Hall–Kier alpha value is -2.67. The number of carbonyl (C=O) groups is 1. The first-order valence-corrected chi connectivity index (χ1v) is 5.91. The molecule has 2 aromatic rings. The molecule has 0 atom stereocenters. The third-order valence-electron chi connectivity index (χ3n) is 2.52. The lowest BCUT2D eigenvalue weighted by Crippen LogP contribution is -1.98. The lowest BCUT2D eigenvalue weighted by molar-refractivity contribution is -0.384. The number of nitro benzene ring substituents is 1. The van der Waals surface area contributed by atoms with Crippen molar-refractivity contribution in [3.8, 4) is 11.5 Å². The van der Waals surface area contributed by atoms with E-state index in [1.54, 1.807) is 0 Å². The van der Waals surface area contributed by atoms with Crippen molar-refractivity contribution in [3.63, 3.8) is 0 Å². The van der Waals surface area contributed by atoms with Gasteiger partial charge in [-0.1, -0.05) is 11.6 Å². The van der Waals surface area contributed by atoms with Gasteiger partial charge >= 0.3 is 5.97 Å². The topological polar surface area (TPSA) is 89.7 Å². The third-order valence-corrected chi connectivity index (χ3v) is 2.83. The van der Waals surface area contributed by atoms with Crippen LogP contribution in [0.2, 0.25) is 5.02 Å². The maximum absolute atomic E-state index is 13.7. The summed E-state index contributed by atoms with van der Waals surface area (Å²) in [6.45, 7) is 0. The van der Waals surface area contributed by atoms with E-state index in [9.17, 15) is 19.3 Å². The number of hydrogen-bond donors (Lipinski definition) is 1. The van der Waals surface area contributed by atoms with E-state index in [1.807, 2.05) is 0 Å². The zero-order valence-corrected chi connectivity index (χ0v) is 11.0. The highest BCUT2D eigenvalue weighted by molar-refractivity contribution is 6.32. The van der Waals surface area contributed by atoms with Crippen LogP contribution in [0.4, 0.5) is 10.1 Å². The number of carboxylic acid groups (broad SMARTS) is 1. The molecular formula is C13H7ClFNO5. The van der Waals surface area contributed by atoms with E-state index in [2.05, 4.69) is 0 Å². The summed E-state index contributed by atoms with van der Waals surface area (Å²) in [5, 5.41) is 19.2. The molecule has 0 saturated heterocycles. The molecule has 8 heteroatoms. The highest BCUT2D eigenvalue weighted by atomic mass is 35.5. The number of ether oxygens (including phenoxy) is 1. The molecule has 0 aromatic heterocycles. The Bertz CT molecular complexity index is 734. The number of aromatic carboxylic acids is 1. The van der Waals surface area contributed by atoms with Crippen molar-refractivity contribution >= 4 is 23.3 Å². The van der Waals surface area contributed by atoms with E-state index < -0.39 is 16.7 Å². The zero-order valence-electron chi connectivity index (χ0n) is 10.2. The van der Waals surface area contributed by atoms with E-state index in [-0.39, 0.29) is 27.8 Å². The third kappa shape index (κ3) is 3.26. The molecule has 0 heterocycles. The van der Waals surface area contributed by atoms with Crippen LogP contribution in [0.25, 0.3) is 0 Å². The van der Waals surface area contributed by atoms with Crippen LogP contribution in [0.5, 0.6) is 11.5 Å². The molecule has 0 amide bonds. The minimum atomic E-state index is -1.26. The Labute approximate surface area is 122 Å². The van der Waals surface area contributed by atoms with E-state index in [0.29, 0.717) is 0 Å². The molecule has 0 bridgehead atoms. The van der Waals surface area contributed by atoms with Gasteiger partial charge in [0, 0.05) is 12.1 Å². The second-order valence-electron chi connectivity index (χ2n) is 3.92. The van der Waals surface area contributed by atoms with Gasteiger partial charge in [-0.3, -0.25) is 10.1 Å². The molecule has 0 saturated carbocycles. The summed E-state index contributed by atoms with van der Waals surface area (Å²) in [7, 11) is 0. The van der Waals surface area contributed by atoms with Gasteiger partial charge < -0.3 is 9.84 Å². The minimum absolute atomic E-state index is 0.0903. The average molecular weight is 312 g/mol. The standard InChI is InChI=1S/C13H7ClFNO5/c14-9-6-8(2-3-11(9)16(19)20)21-12-4-1-7(13(17)18)5-10(12)15/h1-6H,(H,17,18). The summed E-state index contributed by atoms with van der Waals surface area (Å²) in [4.78, 5) is 20.6. The van der Waals surface area contributed by atoms with E-state index >= 15 is 0 Å². The van der Waals surface area contributed by atoms with E-state index in [1.165, 1.54) is 18.2 Å². The van der Waals surface area contributed by atoms with E-state index in [4.69, 9.17) is 21.4 Å². The summed E-state index contributed by atoms with van der Waals surface area (Å²) in [5.41, 5.74) is -0.521. The Balaban J connectivity index is 2.28. The minimum Gasteiger partial charge on any atom is -0.478 e. The van der Waals surface area contributed by atoms with Gasteiger partial charge in [0.2, 0.25) is 0 Å². The van der Waals surface area contributed by atoms with Crippen molar-refractivity contribution in [1.82, 2.24) is 0 Å². The lowest BCUT2D eigenvalue weighted by atomic mass is 10.2. The van der Waals surface area contributed by atoms with Crippen molar-refractivity contribution < 1.29 is 24.0 Å². The van der Waals surface area contributed by atoms with Gasteiger partial charge in [0.05, 0.1) is 10.5 Å². The summed E-state index contributed by atoms with van der Waals surface area (Å²) >= 11 is 5.70. The molecule has 0 spiro atoms. The molecule has 6 nitrogen and oxygen atoms in total. The Morgan fingerprint density at radius 2 is 2.00 bits per heavy atom. The molecule has 108 valence electrons. The molecule has 0 aliphatic rings. The van der Waals surface area contributed by atoms with Crippen LogP contribution < -0.4 is 4.74 Å². The largest absolute Gasteiger partial charge is 0.478 e. The first-order chi connectivity index (χ1) is 9.88. The highest BCUT2D eigenvalue weighted by Crippen LogP contribution is 2.32. The summed E-state index contributed by atoms with van der Waals surface area (Å²) in [6.07, 6.45) is 0. The van der Waals surface area contributed by atoms with Crippen molar-refractivity contribution in [1.29, 1.82) is 0 Å². The van der Waals surface area contributed by atoms with Crippen LogP contribution in [-0.2, 0) is 0 Å². The van der Waals surface area contributed by atoms with Gasteiger partial charge in [0.15, 0.2) is 11.6 Å². The fourth-order valence-electron chi connectivity index (χ4n) is 1.54. The van der Waals surface area contributed by atoms with Gasteiger partial charge in [-0.25, -0.2) is 9.18 Å². The number of rotatable bonds is 4. The predicted molar refractivity (Wildman–Crippen MR) is 71.5 cm³/mol. The Kier molecular flexibility index (Phi) is 4.04. The van der Waals surface area contributed by atoms with Crippen molar-refractivity contribution in [2.24, 2.45) is 0 Å². The number of benzene rings is 2. The average Bonchev–Trinajstić information content (AvgIpc) is 2.40. The molecule has 0 unspecified atom stereocenters. The molecule has 2 aromatic carbocycles. The molecule has 1 N–H and O–H groups in total. The second kappa shape index (κ2) is 5.76. The van der Waals surface area contributed by atoms with Crippen LogP contribution in [0.15, 0.2) is 36.4 Å². The van der Waals surface area contributed by atoms with Gasteiger partial charge in [0.25, 0.3) is 5.69 Å². The smallest absolute Gasteiger partial charge is 0.335 e. The summed E-state index contributed by atoms with van der Waals surface area (Å²) < 4.78 is 18.9. The van der Waals surface area contributed by atoms with Gasteiger partial charge in [-0.05, 0) is 24.3 Å². The summed E-state index contributed by atoms with van der Waals surface area (Å²) in [6, 6.07) is 6.69. The van der Waals surface area contributed by atoms with Crippen LogP contribution in [-0.4, -0.2) is 16.0 Å². The highest BCUT2D eigenvalue weighted by Gasteiger charge is 2.14. The number of halogens is 2. The molecule has 0 radical (unpaired) electrons. The Morgan fingerprint density at radius 3 is 2.52 bits per heavy atom. The van der Waals surface area contributed by atoms with Crippen LogP contribution in [0.3, 0.4) is 0 Å². The fourth-order valence-corrected chi connectivity index (χ4v) is 1.78. The fraction of sp³-hybridized carbons (Fsp3) is 0. The van der Waals surface area contributed by atoms with Crippen LogP contribution in [0, 0.1) is 15.9 Å². The SMILES string of the molecule is O=C(O)c1ccc(Oc2ccc([N+](=O)[O-])c(Cl)c2)c(F)c1. The first kappa shape index (κ1) is 14.7. The predicted octanol–water partition coefficient (Wildman–Crippen LogP) is 3.88. The maximum atomic E-state index is 13.7. The van der Waals surface area contributed by atoms with Crippen molar-refractivity contribution in [2.75, 3.05) is 0 Å².